The molecule has 1 aromatic heterocycles. The van der Waals surface area contributed by atoms with Gasteiger partial charge in [0.1, 0.15) is 5.76 Å². The van der Waals surface area contributed by atoms with Crippen LogP contribution in [0.15, 0.2) is 45.2 Å². The van der Waals surface area contributed by atoms with Crippen molar-refractivity contribution in [2.75, 3.05) is 7.11 Å². The Hall–Kier alpha value is -1.70. The minimum atomic E-state index is -0.454. The molecule has 0 atom stereocenters. The Morgan fingerprint density at radius 3 is 2.50 bits per heavy atom. The van der Waals surface area contributed by atoms with Gasteiger partial charge in [0.15, 0.2) is 0 Å². The molecular formula is C21H27BO5S. The van der Waals surface area contributed by atoms with Crippen molar-refractivity contribution in [1.29, 1.82) is 0 Å². The molecule has 1 aliphatic carbocycles. The molecule has 1 saturated heterocycles. The lowest BCUT2D eigenvalue weighted by molar-refractivity contribution is 0.00578. The number of furan rings is 1. The van der Waals surface area contributed by atoms with Crippen LogP contribution in [0.25, 0.3) is 0 Å². The number of thioether (sulfide) groups is 1. The van der Waals surface area contributed by atoms with Gasteiger partial charge in [-0.15, -0.1) is 11.8 Å². The van der Waals surface area contributed by atoms with Crippen molar-refractivity contribution in [2.24, 2.45) is 0 Å². The number of rotatable bonds is 5. The van der Waals surface area contributed by atoms with Crippen LogP contribution in [-0.2, 0) is 19.8 Å². The molecule has 2 aliphatic rings. The lowest BCUT2D eigenvalue weighted by Gasteiger charge is -2.32. The van der Waals surface area contributed by atoms with Crippen molar-refractivity contribution >= 4 is 24.8 Å². The summed E-state index contributed by atoms with van der Waals surface area (Å²) in [6.07, 6.45) is 9.29. The molecule has 0 amide bonds. The lowest BCUT2D eigenvalue weighted by atomic mass is 9.77. The highest BCUT2D eigenvalue weighted by atomic mass is 32.2. The third-order valence-corrected chi connectivity index (χ3v) is 6.53. The minimum Gasteiger partial charge on any atom is -0.463 e. The van der Waals surface area contributed by atoms with Crippen LogP contribution >= 0.6 is 11.8 Å². The van der Waals surface area contributed by atoms with E-state index in [1.54, 1.807) is 17.8 Å². The van der Waals surface area contributed by atoms with E-state index in [1.165, 1.54) is 7.11 Å². The molecule has 1 fully saturated rings. The van der Waals surface area contributed by atoms with E-state index in [9.17, 15) is 4.79 Å². The smallest absolute Gasteiger partial charge is 0.463 e. The van der Waals surface area contributed by atoms with Crippen molar-refractivity contribution in [3.63, 3.8) is 0 Å². The molecule has 3 rings (SSSR count). The number of esters is 1. The number of carbonyl (C=O) groups excluding carboxylic acids is 1. The lowest BCUT2D eigenvalue weighted by Crippen LogP contribution is -2.41. The molecule has 2 heterocycles. The van der Waals surface area contributed by atoms with Crippen LogP contribution in [0.5, 0.6) is 0 Å². The van der Waals surface area contributed by atoms with Crippen LogP contribution in [0.1, 0.15) is 56.0 Å². The van der Waals surface area contributed by atoms with Gasteiger partial charge in [0.2, 0.25) is 5.76 Å². The quantitative estimate of drug-likeness (QED) is 0.510. The normalized spacial score (nSPS) is 20.6. The highest BCUT2D eigenvalue weighted by Crippen LogP contribution is 2.39. The molecule has 28 heavy (non-hydrogen) atoms. The maximum absolute atomic E-state index is 11.6. The van der Waals surface area contributed by atoms with Crippen LogP contribution in [0, 0.1) is 6.92 Å². The topological polar surface area (TPSA) is 57.9 Å². The number of ether oxygens (including phenoxy) is 1. The largest absolute Gasteiger partial charge is 0.494 e. The van der Waals surface area contributed by atoms with Gasteiger partial charge in [-0.05, 0) is 58.7 Å². The predicted molar refractivity (Wildman–Crippen MR) is 112 cm³/mol. The summed E-state index contributed by atoms with van der Waals surface area (Å²) < 4.78 is 22.5. The zero-order valence-electron chi connectivity index (χ0n) is 17.3. The molecule has 0 radical (unpaired) electrons. The van der Waals surface area contributed by atoms with Crippen LogP contribution in [-0.4, -0.2) is 31.4 Å². The molecule has 1 aromatic rings. The van der Waals surface area contributed by atoms with E-state index in [2.05, 4.69) is 52.0 Å². The first-order valence-electron chi connectivity index (χ1n) is 9.37. The summed E-state index contributed by atoms with van der Waals surface area (Å²) in [4.78, 5) is 12.8. The van der Waals surface area contributed by atoms with Crippen molar-refractivity contribution in [1.82, 2.24) is 0 Å². The molecule has 0 saturated carbocycles. The van der Waals surface area contributed by atoms with E-state index in [-0.39, 0.29) is 24.1 Å². The molecule has 0 unspecified atom stereocenters. The summed E-state index contributed by atoms with van der Waals surface area (Å²) in [7, 11) is 0.998. The van der Waals surface area contributed by atoms with Gasteiger partial charge in [0.25, 0.3) is 0 Å². The van der Waals surface area contributed by atoms with Gasteiger partial charge in [-0.2, -0.15) is 0 Å². The second-order valence-electron chi connectivity index (χ2n) is 7.94. The Morgan fingerprint density at radius 2 is 1.86 bits per heavy atom. The van der Waals surface area contributed by atoms with Crippen LogP contribution in [0.4, 0.5) is 0 Å². The summed E-state index contributed by atoms with van der Waals surface area (Å²) >= 11 is 1.70. The number of allylic oxidation sites excluding steroid dienone is 5. The second-order valence-corrected chi connectivity index (χ2v) is 8.99. The fraction of sp³-hybridized carbons (Fsp3) is 0.476. The van der Waals surface area contributed by atoms with E-state index < -0.39 is 5.97 Å². The van der Waals surface area contributed by atoms with Gasteiger partial charge in [0, 0.05) is 16.2 Å². The first kappa shape index (κ1) is 21.0. The summed E-state index contributed by atoms with van der Waals surface area (Å²) in [5.74, 6) is 1.24. The van der Waals surface area contributed by atoms with Gasteiger partial charge < -0.3 is 18.5 Å². The number of hydrogen-bond donors (Lipinski definition) is 0. The van der Waals surface area contributed by atoms with Crippen LogP contribution in [0.3, 0.4) is 0 Å². The van der Waals surface area contributed by atoms with E-state index in [0.29, 0.717) is 5.75 Å². The summed E-state index contributed by atoms with van der Waals surface area (Å²) in [5.41, 5.74) is 1.33. The molecule has 0 aromatic carbocycles. The highest BCUT2D eigenvalue weighted by molar-refractivity contribution is 8.02. The summed E-state index contributed by atoms with van der Waals surface area (Å²) in [5, 5.41) is 0. The van der Waals surface area contributed by atoms with Gasteiger partial charge in [-0.1, -0.05) is 18.2 Å². The van der Waals surface area contributed by atoms with E-state index in [1.807, 2.05) is 6.92 Å². The van der Waals surface area contributed by atoms with E-state index in [4.69, 9.17) is 18.5 Å². The Balaban J connectivity index is 1.62. The SMILES string of the molecule is COC(=O)c1cc(CSC2=CCC=C(B3OC(C)(C)C(C)(C)O3)C=C2)c(C)o1. The van der Waals surface area contributed by atoms with Crippen molar-refractivity contribution < 1.29 is 23.3 Å². The molecular weight excluding hydrogens is 375 g/mol. The fourth-order valence-electron chi connectivity index (χ4n) is 2.91. The minimum absolute atomic E-state index is 0.241. The predicted octanol–water partition coefficient (Wildman–Crippen LogP) is 5.01. The van der Waals surface area contributed by atoms with Gasteiger partial charge in [-0.3, -0.25) is 0 Å². The maximum Gasteiger partial charge on any atom is 0.494 e. The Morgan fingerprint density at radius 1 is 1.18 bits per heavy atom. The standard InChI is InChI=1S/C21H27BO5S/c1-14-15(12-18(25-14)19(23)24-6)13-28-17-9-7-8-16(10-11-17)22-26-20(2,3)21(4,5)27-22/h8-12H,7,13H2,1-6H3. The average Bonchev–Trinajstić information content (AvgIpc) is 2.97. The van der Waals surface area contributed by atoms with Crippen molar-refractivity contribution in [3.8, 4) is 0 Å². The van der Waals surface area contributed by atoms with Crippen LogP contribution in [0.2, 0.25) is 0 Å². The maximum atomic E-state index is 11.6. The molecule has 0 N–H and O–H groups in total. The van der Waals surface area contributed by atoms with E-state index in [0.717, 1.165) is 28.1 Å². The van der Waals surface area contributed by atoms with Gasteiger partial charge in [0.05, 0.1) is 18.3 Å². The molecule has 0 spiro atoms. The Labute approximate surface area is 171 Å². The highest BCUT2D eigenvalue weighted by Gasteiger charge is 2.51. The third kappa shape index (κ3) is 4.32. The molecule has 7 heteroatoms. The van der Waals surface area contributed by atoms with Crippen molar-refractivity contribution in [3.05, 3.63) is 57.8 Å². The number of hydrogen-bond acceptors (Lipinski definition) is 6. The molecule has 1 aliphatic heterocycles. The Kier molecular flexibility index (Phi) is 5.99. The zero-order valence-corrected chi connectivity index (χ0v) is 18.1. The molecule has 0 bridgehead atoms. The molecule has 150 valence electrons. The fourth-order valence-corrected chi connectivity index (χ4v) is 3.90. The van der Waals surface area contributed by atoms with Crippen molar-refractivity contribution in [2.45, 2.75) is 58.0 Å². The Bertz CT molecular complexity index is 831. The molecule has 5 nitrogen and oxygen atoms in total. The summed E-state index contributed by atoms with van der Waals surface area (Å²) in [6.45, 7) is 10.1. The summed E-state index contributed by atoms with van der Waals surface area (Å²) in [6, 6.07) is 1.75. The zero-order chi connectivity index (χ0) is 20.5. The average molecular weight is 402 g/mol. The monoisotopic (exact) mass is 402 g/mol. The van der Waals surface area contributed by atoms with Gasteiger partial charge >= 0.3 is 13.1 Å². The number of aryl methyl sites for hydroxylation is 1. The third-order valence-electron chi connectivity index (χ3n) is 5.44. The first-order valence-corrected chi connectivity index (χ1v) is 10.4. The second kappa shape index (κ2) is 7.97. The number of methoxy groups -OCH3 is 1. The number of carbonyl (C=O) groups is 1. The van der Waals surface area contributed by atoms with Gasteiger partial charge in [-0.25, -0.2) is 4.79 Å². The van der Waals surface area contributed by atoms with E-state index >= 15 is 0 Å². The first-order chi connectivity index (χ1) is 13.1. The van der Waals surface area contributed by atoms with Crippen LogP contribution < -0.4 is 0 Å².